The van der Waals surface area contributed by atoms with Crippen LogP contribution in [0, 0.1) is 0 Å². The maximum Gasteiger partial charge on any atom is 0.273 e. The van der Waals surface area contributed by atoms with Crippen LogP contribution in [0.5, 0.6) is 5.75 Å². The van der Waals surface area contributed by atoms with Gasteiger partial charge in [-0.1, -0.05) is 0 Å². The highest BCUT2D eigenvalue weighted by Gasteiger charge is 2.29. The monoisotopic (exact) mass is 280 g/mol. The molecule has 0 amide bonds. The van der Waals surface area contributed by atoms with E-state index >= 15 is 0 Å². The van der Waals surface area contributed by atoms with Crippen molar-refractivity contribution in [2.75, 3.05) is 20.2 Å². The summed E-state index contributed by atoms with van der Waals surface area (Å²) in [4.78, 5) is -0.115. The van der Waals surface area contributed by atoms with Crippen LogP contribution in [0.25, 0.3) is 0 Å². The number of halogens is 2. The maximum atomic E-state index is 12.8. The first kappa shape index (κ1) is 14.8. The molecule has 0 spiro atoms. The van der Waals surface area contributed by atoms with Crippen molar-refractivity contribution in [3.05, 3.63) is 24.3 Å². The zero-order valence-corrected chi connectivity index (χ0v) is 10.5. The predicted molar refractivity (Wildman–Crippen MR) is 62.2 cm³/mol. The van der Waals surface area contributed by atoms with Gasteiger partial charge in [0.2, 0.25) is 10.0 Å². The largest absolute Gasteiger partial charge is 0.497 e. The first-order valence-electron chi connectivity index (χ1n) is 5.02. The fourth-order valence-corrected chi connectivity index (χ4v) is 2.17. The molecular formula is C10H14F2N2O3S. The minimum Gasteiger partial charge on any atom is -0.497 e. The Morgan fingerprint density at radius 2 is 1.89 bits per heavy atom. The highest BCUT2D eigenvalue weighted by molar-refractivity contribution is 7.89. The predicted octanol–water partition coefficient (Wildman–Crippen LogP) is 0.567. The second-order valence-corrected chi connectivity index (χ2v) is 5.33. The van der Waals surface area contributed by atoms with Gasteiger partial charge < -0.3 is 10.5 Å². The van der Waals surface area contributed by atoms with Crippen LogP contribution in [0.4, 0.5) is 8.78 Å². The van der Waals surface area contributed by atoms with Gasteiger partial charge in [0.05, 0.1) is 25.1 Å². The lowest BCUT2D eigenvalue weighted by atomic mass is 10.3. The first-order chi connectivity index (χ1) is 8.30. The molecule has 0 unspecified atom stereocenters. The number of ether oxygens (including phenoxy) is 1. The Morgan fingerprint density at radius 1 is 1.33 bits per heavy atom. The third-order valence-electron chi connectivity index (χ3n) is 2.19. The second-order valence-electron chi connectivity index (χ2n) is 3.56. The molecule has 0 bridgehead atoms. The summed E-state index contributed by atoms with van der Waals surface area (Å²) in [7, 11) is -2.54. The zero-order chi connectivity index (χ0) is 13.8. The van der Waals surface area contributed by atoms with Gasteiger partial charge in [0.1, 0.15) is 5.75 Å². The summed E-state index contributed by atoms with van der Waals surface area (Å²) in [5.41, 5.74) is 4.81. The number of nitrogens with one attached hydrogen (secondary N) is 1. The Kier molecular flexibility index (Phi) is 4.60. The van der Waals surface area contributed by atoms with Crippen LogP contribution >= 0.6 is 0 Å². The number of sulfonamides is 1. The van der Waals surface area contributed by atoms with Crippen molar-refractivity contribution in [2.45, 2.75) is 10.8 Å². The van der Waals surface area contributed by atoms with Crippen molar-refractivity contribution in [1.29, 1.82) is 0 Å². The Morgan fingerprint density at radius 3 is 2.33 bits per heavy atom. The Hall–Kier alpha value is -1.25. The van der Waals surface area contributed by atoms with Gasteiger partial charge in [-0.05, 0) is 24.3 Å². The number of hydrogen-bond acceptors (Lipinski definition) is 4. The van der Waals surface area contributed by atoms with Gasteiger partial charge in [0.25, 0.3) is 5.92 Å². The summed E-state index contributed by atoms with van der Waals surface area (Å²) in [5.74, 6) is -2.79. The number of benzene rings is 1. The molecule has 0 aliphatic heterocycles. The lowest BCUT2D eigenvalue weighted by molar-refractivity contribution is 0.0170. The SMILES string of the molecule is COc1ccc(S(=O)(=O)NCC(F)(F)CN)cc1. The number of alkyl halides is 2. The van der Waals surface area contributed by atoms with E-state index in [0.717, 1.165) is 0 Å². The Bertz CT molecular complexity index is 488. The van der Waals surface area contributed by atoms with Gasteiger partial charge >= 0.3 is 0 Å². The van der Waals surface area contributed by atoms with E-state index in [-0.39, 0.29) is 4.90 Å². The molecule has 0 fully saturated rings. The van der Waals surface area contributed by atoms with Crippen molar-refractivity contribution in [2.24, 2.45) is 5.73 Å². The normalized spacial score (nSPS) is 12.4. The van der Waals surface area contributed by atoms with Crippen molar-refractivity contribution in [1.82, 2.24) is 4.72 Å². The van der Waals surface area contributed by atoms with Crippen LogP contribution in [0.2, 0.25) is 0 Å². The molecule has 1 aromatic rings. The molecule has 8 heteroatoms. The van der Waals surface area contributed by atoms with E-state index in [2.05, 4.69) is 0 Å². The quantitative estimate of drug-likeness (QED) is 0.798. The molecule has 1 rings (SSSR count). The smallest absolute Gasteiger partial charge is 0.273 e. The molecule has 0 saturated carbocycles. The van der Waals surface area contributed by atoms with Crippen LogP contribution in [0.3, 0.4) is 0 Å². The molecule has 0 radical (unpaired) electrons. The van der Waals surface area contributed by atoms with Gasteiger partial charge in [-0.25, -0.2) is 21.9 Å². The summed E-state index contributed by atoms with van der Waals surface area (Å²) in [6.07, 6.45) is 0. The van der Waals surface area contributed by atoms with Crippen molar-refractivity contribution >= 4 is 10.0 Å². The zero-order valence-electron chi connectivity index (χ0n) is 9.69. The van der Waals surface area contributed by atoms with Crippen LogP contribution in [-0.4, -0.2) is 34.5 Å². The molecular weight excluding hydrogens is 266 g/mol. The molecule has 1 aromatic carbocycles. The standard InChI is InChI=1S/C10H14F2N2O3S/c1-17-8-2-4-9(5-3-8)18(15,16)14-7-10(11,12)6-13/h2-5,14H,6-7,13H2,1H3. The van der Waals surface area contributed by atoms with E-state index in [4.69, 9.17) is 10.5 Å². The minimum absolute atomic E-state index is 0.115. The van der Waals surface area contributed by atoms with Crippen LogP contribution in [0.15, 0.2) is 29.2 Å². The lowest BCUT2D eigenvalue weighted by Gasteiger charge is -2.14. The van der Waals surface area contributed by atoms with E-state index in [1.165, 1.54) is 31.4 Å². The van der Waals surface area contributed by atoms with Gasteiger partial charge in [-0.15, -0.1) is 0 Å². The second kappa shape index (κ2) is 5.59. The molecule has 0 aliphatic carbocycles. The number of nitrogens with two attached hydrogens (primary N) is 1. The van der Waals surface area contributed by atoms with Crippen molar-refractivity contribution in [3.8, 4) is 5.75 Å². The summed E-state index contributed by atoms with van der Waals surface area (Å²) in [6.45, 7) is -1.95. The van der Waals surface area contributed by atoms with Gasteiger partial charge in [-0.3, -0.25) is 0 Å². The van der Waals surface area contributed by atoms with Gasteiger partial charge in [-0.2, -0.15) is 0 Å². The third kappa shape index (κ3) is 3.90. The van der Waals surface area contributed by atoms with E-state index < -0.39 is 29.0 Å². The Labute approximate surface area is 104 Å². The molecule has 102 valence electrons. The fourth-order valence-electron chi connectivity index (χ4n) is 1.11. The lowest BCUT2D eigenvalue weighted by Crippen LogP contribution is -2.41. The summed E-state index contributed by atoms with van der Waals surface area (Å²) in [5, 5.41) is 0. The molecule has 0 saturated heterocycles. The van der Waals surface area contributed by atoms with Gasteiger partial charge in [0.15, 0.2) is 0 Å². The average Bonchev–Trinajstić information content (AvgIpc) is 2.37. The third-order valence-corrected chi connectivity index (χ3v) is 3.61. The molecule has 0 atom stereocenters. The highest BCUT2D eigenvalue weighted by Crippen LogP contribution is 2.16. The summed E-state index contributed by atoms with van der Waals surface area (Å²) in [6, 6.07) is 5.38. The molecule has 18 heavy (non-hydrogen) atoms. The highest BCUT2D eigenvalue weighted by atomic mass is 32.2. The number of rotatable bonds is 6. The summed E-state index contributed by atoms with van der Waals surface area (Å²) < 4.78 is 55.7. The van der Waals surface area contributed by atoms with Gasteiger partial charge in [0, 0.05) is 0 Å². The summed E-state index contributed by atoms with van der Waals surface area (Å²) >= 11 is 0. The molecule has 0 aromatic heterocycles. The first-order valence-corrected chi connectivity index (χ1v) is 6.51. The average molecular weight is 280 g/mol. The van der Waals surface area contributed by atoms with Crippen LogP contribution in [-0.2, 0) is 10.0 Å². The van der Waals surface area contributed by atoms with E-state index in [9.17, 15) is 17.2 Å². The molecule has 0 aliphatic rings. The van der Waals surface area contributed by atoms with Crippen LogP contribution < -0.4 is 15.2 Å². The molecule has 3 N–H and O–H groups in total. The Balaban J connectivity index is 2.80. The van der Waals surface area contributed by atoms with E-state index in [1.807, 2.05) is 0 Å². The van der Waals surface area contributed by atoms with E-state index in [1.54, 1.807) is 4.72 Å². The molecule has 5 nitrogen and oxygen atoms in total. The topological polar surface area (TPSA) is 81.4 Å². The van der Waals surface area contributed by atoms with E-state index in [0.29, 0.717) is 5.75 Å². The maximum absolute atomic E-state index is 12.8. The molecule has 0 heterocycles. The van der Waals surface area contributed by atoms with Crippen LogP contribution in [0.1, 0.15) is 0 Å². The minimum atomic E-state index is -3.97. The number of methoxy groups -OCH3 is 1. The number of hydrogen-bond donors (Lipinski definition) is 2. The fraction of sp³-hybridized carbons (Fsp3) is 0.400. The van der Waals surface area contributed by atoms with Crippen molar-refractivity contribution < 1.29 is 21.9 Å². The van der Waals surface area contributed by atoms with Crippen molar-refractivity contribution in [3.63, 3.8) is 0 Å².